The maximum atomic E-state index is 9.88. The Morgan fingerprint density at radius 1 is 1.33 bits per heavy atom. The van der Waals surface area contributed by atoms with E-state index in [0.29, 0.717) is 13.0 Å². The molecule has 0 heterocycles. The maximum Gasteiger partial charge on any atom is 0.0690 e. The average molecular weight is 210 g/mol. The zero-order chi connectivity index (χ0) is 11.3. The molecule has 0 aliphatic heterocycles. The second-order valence-corrected chi connectivity index (χ2v) is 5.07. The summed E-state index contributed by atoms with van der Waals surface area (Å²) in [5.74, 6) is 0. The number of nitriles is 1. The summed E-state index contributed by atoms with van der Waals surface area (Å²) in [6, 6.07) is 2.44. The van der Waals surface area contributed by atoms with Crippen LogP contribution in [0.3, 0.4) is 0 Å². The zero-order valence-electron chi connectivity index (χ0n) is 9.87. The van der Waals surface area contributed by atoms with Gasteiger partial charge in [-0.25, -0.2) is 0 Å². The quantitative estimate of drug-likeness (QED) is 0.769. The van der Waals surface area contributed by atoms with Crippen molar-refractivity contribution in [3.8, 4) is 6.07 Å². The van der Waals surface area contributed by atoms with Crippen LogP contribution in [-0.4, -0.2) is 36.8 Å². The van der Waals surface area contributed by atoms with Crippen LogP contribution in [0, 0.1) is 16.7 Å². The first kappa shape index (κ1) is 12.5. The molecule has 0 saturated heterocycles. The molecule has 0 aromatic carbocycles. The molecule has 3 heteroatoms. The normalized spacial score (nSPS) is 22.3. The SMILES string of the molecule is CN(C)CC(O)CC1(C#N)CCCCC1. The van der Waals surface area contributed by atoms with Crippen molar-refractivity contribution in [1.82, 2.24) is 4.90 Å². The van der Waals surface area contributed by atoms with E-state index in [9.17, 15) is 10.4 Å². The van der Waals surface area contributed by atoms with Gasteiger partial charge in [0.05, 0.1) is 17.6 Å². The molecule has 0 aromatic heterocycles. The molecule has 3 nitrogen and oxygen atoms in total. The third-order valence-corrected chi connectivity index (χ3v) is 3.25. The summed E-state index contributed by atoms with van der Waals surface area (Å²) in [6.45, 7) is 0.656. The second-order valence-electron chi connectivity index (χ2n) is 5.07. The molecule has 0 bridgehead atoms. The highest BCUT2D eigenvalue weighted by Gasteiger charge is 2.34. The Morgan fingerprint density at radius 3 is 2.40 bits per heavy atom. The molecule has 1 rings (SSSR count). The van der Waals surface area contributed by atoms with E-state index in [4.69, 9.17) is 0 Å². The van der Waals surface area contributed by atoms with Gasteiger partial charge in [0.2, 0.25) is 0 Å². The topological polar surface area (TPSA) is 47.3 Å². The third kappa shape index (κ3) is 3.81. The van der Waals surface area contributed by atoms with Crippen molar-refractivity contribution in [2.75, 3.05) is 20.6 Å². The Labute approximate surface area is 92.7 Å². The lowest BCUT2D eigenvalue weighted by Crippen LogP contribution is -2.33. The third-order valence-electron chi connectivity index (χ3n) is 3.25. The fourth-order valence-corrected chi connectivity index (χ4v) is 2.53. The number of hydrogen-bond acceptors (Lipinski definition) is 3. The number of hydrogen-bond donors (Lipinski definition) is 1. The molecule has 0 spiro atoms. The fourth-order valence-electron chi connectivity index (χ4n) is 2.53. The van der Waals surface area contributed by atoms with Crippen molar-refractivity contribution >= 4 is 0 Å². The van der Waals surface area contributed by atoms with Crippen molar-refractivity contribution in [3.63, 3.8) is 0 Å². The number of nitrogens with zero attached hydrogens (tertiary/aromatic N) is 2. The van der Waals surface area contributed by atoms with E-state index in [1.807, 2.05) is 19.0 Å². The van der Waals surface area contributed by atoms with Gasteiger partial charge >= 0.3 is 0 Å². The van der Waals surface area contributed by atoms with Crippen molar-refractivity contribution in [1.29, 1.82) is 5.26 Å². The Balaban J connectivity index is 2.48. The minimum atomic E-state index is -0.363. The van der Waals surface area contributed by atoms with Crippen LogP contribution >= 0.6 is 0 Å². The van der Waals surface area contributed by atoms with Gasteiger partial charge in [-0.3, -0.25) is 0 Å². The molecule has 86 valence electrons. The van der Waals surface area contributed by atoms with E-state index >= 15 is 0 Å². The van der Waals surface area contributed by atoms with Crippen molar-refractivity contribution in [2.24, 2.45) is 5.41 Å². The molecule has 1 saturated carbocycles. The largest absolute Gasteiger partial charge is 0.392 e. The highest BCUT2D eigenvalue weighted by Crippen LogP contribution is 2.39. The lowest BCUT2D eigenvalue weighted by atomic mass is 9.72. The van der Waals surface area contributed by atoms with E-state index in [2.05, 4.69) is 6.07 Å². The Bertz CT molecular complexity index is 226. The summed E-state index contributed by atoms with van der Waals surface area (Å²) in [4.78, 5) is 1.97. The lowest BCUT2D eigenvalue weighted by molar-refractivity contribution is 0.0794. The van der Waals surface area contributed by atoms with E-state index in [0.717, 1.165) is 25.7 Å². The minimum Gasteiger partial charge on any atom is -0.392 e. The number of aliphatic hydroxyl groups excluding tert-OH is 1. The van der Waals surface area contributed by atoms with Crippen LogP contribution in [0.2, 0.25) is 0 Å². The standard InChI is InChI=1S/C12H22N2O/c1-14(2)9-11(15)8-12(10-13)6-4-3-5-7-12/h11,15H,3-9H2,1-2H3. The average Bonchev–Trinajstić information content (AvgIpc) is 2.17. The van der Waals surface area contributed by atoms with Crippen LogP contribution in [0.15, 0.2) is 0 Å². The molecule has 15 heavy (non-hydrogen) atoms. The van der Waals surface area contributed by atoms with Crippen LogP contribution in [0.5, 0.6) is 0 Å². The predicted octanol–water partition coefficient (Wildman–Crippen LogP) is 1.77. The maximum absolute atomic E-state index is 9.88. The number of likely N-dealkylation sites (N-methyl/N-ethyl adjacent to an activating group) is 1. The number of aliphatic hydroxyl groups is 1. The van der Waals surface area contributed by atoms with Gasteiger partial charge in [0.1, 0.15) is 0 Å². The Kier molecular flexibility index (Phi) is 4.56. The molecule has 1 aliphatic carbocycles. The highest BCUT2D eigenvalue weighted by atomic mass is 16.3. The summed E-state index contributed by atoms with van der Waals surface area (Å²) in [6.07, 6.45) is 5.74. The molecule has 1 aliphatic rings. The first-order valence-electron chi connectivity index (χ1n) is 5.82. The minimum absolute atomic E-state index is 0.242. The van der Waals surface area contributed by atoms with Gasteiger partial charge in [0, 0.05) is 6.54 Å². The molecule has 0 radical (unpaired) electrons. The molecule has 0 aromatic rings. The Hall–Kier alpha value is -0.590. The van der Waals surface area contributed by atoms with Gasteiger partial charge in [-0.15, -0.1) is 0 Å². The summed E-state index contributed by atoms with van der Waals surface area (Å²) in [5.41, 5.74) is -0.242. The second kappa shape index (κ2) is 5.48. The van der Waals surface area contributed by atoms with Gasteiger partial charge in [0.15, 0.2) is 0 Å². The van der Waals surface area contributed by atoms with Crippen LogP contribution in [0.25, 0.3) is 0 Å². The monoisotopic (exact) mass is 210 g/mol. The molecular weight excluding hydrogens is 188 g/mol. The van der Waals surface area contributed by atoms with Crippen LogP contribution in [0.4, 0.5) is 0 Å². The fraction of sp³-hybridized carbons (Fsp3) is 0.917. The van der Waals surface area contributed by atoms with E-state index < -0.39 is 0 Å². The van der Waals surface area contributed by atoms with Gasteiger partial charge in [-0.1, -0.05) is 19.3 Å². The number of rotatable bonds is 4. The smallest absolute Gasteiger partial charge is 0.0690 e. The lowest BCUT2D eigenvalue weighted by Gasteiger charge is -2.33. The van der Waals surface area contributed by atoms with Gasteiger partial charge in [-0.2, -0.15) is 5.26 Å². The van der Waals surface area contributed by atoms with Crippen LogP contribution in [-0.2, 0) is 0 Å². The zero-order valence-corrected chi connectivity index (χ0v) is 9.87. The van der Waals surface area contributed by atoms with E-state index in [-0.39, 0.29) is 11.5 Å². The van der Waals surface area contributed by atoms with Crippen molar-refractivity contribution in [3.05, 3.63) is 0 Å². The first-order chi connectivity index (χ1) is 7.08. The molecule has 1 atom stereocenters. The van der Waals surface area contributed by atoms with Gasteiger partial charge < -0.3 is 10.0 Å². The highest BCUT2D eigenvalue weighted by molar-refractivity contribution is 5.01. The molecule has 1 unspecified atom stereocenters. The van der Waals surface area contributed by atoms with Gasteiger partial charge in [-0.05, 0) is 33.4 Å². The van der Waals surface area contributed by atoms with E-state index in [1.165, 1.54) is 6.42 Å². The molecule has 1 fully saturated rings. The van der Waals surface area contributed by atoms with Gasteiger partial charge in [0.25, 0.3) is 0 Å². The summed E-state index contributed by atoms with van der Waals surface area (Å²) >= 11 is 0. The predicted molar refractivity (Wildman–Crippen MR) is 60.3 cm³/mol. The van der Waals surface area contributed by atoms with Crippen LogP contribution in [0.1, 0.15) is 38.5 Å². The first-order valence-corrected chi connectivity index (χ1v) is 5.82. The Morgan fingerprint density at radius 2 is 1.93 bits per heavy atom. The van der Waals surface area contributed by atoms with Crippen LogP contribution < -0.4 is 0 Å². The molecule has 1 N–H and O–H groups in total. The summed E-state index contributed by atoms with van der Waals surface area (Å²) < 4.78 is 0. The van der Waals surface area contributed by atoms with Crippen molar-refractivity contribution in [2.45, 2.75) is 44.6 Å². The van der Waals surface area contributed by atoms with E-state index in [1.54, 1.807) is 0 Å². The summed E-state index contributed by atoms with van der Waals surface area (Å²) in [5, 5.41) is 19.1. The van der Waals surface area contributed by atoms with Crippen molar-refractivity contribution < 1.29 is 5.11 Å². The molecular formula is C12H22N2O. The molecule has 0 amide bonds. The summed E-state index contributed by atoms with van der Waals surface area (Å²) in [7, 11) is 3.90.